The average molecular weight is 243 g/mol. The van der Waals surface area contributed by atoms with E-state index in [1.807, 2.05) is 4.90 Å². The van der Waals surface area contributed by atoms with E-state index in [0.717, 1.165) is 25.9 Å². The first-order valence-electron chi connectivity index (χ1n) is 6.25. The Morgan fingerprint density at radius 3 is 2.83 bits per heavy atom. The second-order valence-electron chi connectivity index (χ2n) is 4.79. The molecule has 4 nitrogen and oxygen atoms in total. The molecule has 1 fully saturated rings. The Bertz CT molecular complexity index is 470. The summed E-state index contributed by atoms with van der Waals surface area (Å²) < 4.78 is 0. The van der Waals surface area contributed by atoms with Crippen LogP contribution in [0.1, 0.15) is 25.3 Å². The number of anilines is 1. The van der Waals surface area contributed by atoms with Gasteiger partial charge in [0, 0.05) is 18.8 Å². The van der Waals surface area contributed by atoms with Gasteiger partial charge in [0.15, 0.2) is 0 Å². The number of hydrogen-bond donors (Lipinski definition) is 1. The number of carbonyl (C=O) groups excluding carboxylic acids is 1. The van der Waals surface area contributed by atoms with Gasteiger partial charge in [0.25, 0.3) is 0 Å². The fraction of sp³-hybridized carbons (Fsp3) is 0.429. The monoisotopic (exact) mass is 243 g/mol. The molecule has 1 heterocycles. The van der Waals surface area contributed by atoms with Crippen molar-refractivity contribution in [3.8, 4) is 6.07 Å². The zero-order chi connectivity index (χ0) is 13.0. The van der Waals surface area contributed by atoms with Gasteiger partial charge < -0.3 is 10.2 Å². The first kappa shape index (κ1) is 12.4. The van der Waals surface area contributed by atoms with Crippen LogP contribution in [-0.4, -0.2) is 24.0 Å². The molecule has 0 aliphatic carbocycles. The van der Waals surface area contributed by atoms with Gasteiger partial charge in [-0.2, -0.15) is 5.26 Å². The van der Waals surface area contributed by atoms with Crippen LogP contribution in [0, 0.1) is 17.2 Å². The SMILES string of the molecule is CC1CCN(C(=O)Nc2cccc(C#N)c2)CC1. The van der Waals surface area contributed by atoms with Gasteiger partial charge in [-0.25, -0.2) is 4.79 Å². The zero-order valence-corrected chi connectivity index (χ0v) is 10.5. The lowest BCUT2D eigenvalue weighted by atomic mass is 10.00. The van der Waals surface area contributed by atoms with Gasteiger partial charge in [0.05, 0.1) is 11.6 Å². The number of amides is 2. The third kappa shape index (κ3) is 3.01. The summed E-state index contributed by atoms with van der Waals surface area (Å²) in [5.74, 6) is 0.705. The highest BCUT2D eigenvalue weighted by atomic mass is 16.2. The highest BCUT2D eigenvalue weighted by molar-refractivity contribution is 5.89. The number of piperidine rings is 1. The topological polar surface area (TPSA) is 56.1 Å². The molecule has 2 rings (SSSR count). The fourth-order valence-corrected chi connectivity index (χ4v) is 2.08. The summed E-state index contributed by atoms with van der Waals surface area (Å²) >= 11 is 0. The maximum absolute atomic E-state index is 12.0. The fourth-order valence-electron chi connectivity index (χ4n) is 2.08. The second kappa shape index (κ2) is 5.54. The highest BCUT2D eigenvalue weighted by Gasteiger charge is 2.20. The minimum Gasteiger partial charge on any atom is -0.325 e. The van der Waals surface area contributed by atoms with Crippen LogP contribution in [0.15, 0.2) is 24.3 Å². The van der Waals surface area contributed by atoms with Crippen molar-refractivity contribution in [3.63, 3.8) is 0 Å². The lowest BCUT2D eigenvalue weighted by Crippen LogP contribution is -2.40. The molecule has 1 aromatic carbocycles. The van der Waals surface area contributed by atoms with Gasteiger partial charge >= 0.3 is 6.03 Å². The summed E-state index contributed by atoms with van der Waals surface area (Å²) in [7, 11) is 0. The van der Waals surface area contributed by atoms with E-state index >= 15 is 0 Å². The molecule has 0 spiro atoms. The Labute approximate surface area is 107 Å². The smallest absolute Gasteiger partial charge is 0.321 e. The van der Waals surface area contributed by atoms with Gasteiger partial charge in [-0.15, -0.1) is 0 Å². The largest absolute Gasteiger partial charge is 0.325 e. The van der Waals surface area contributed by atoms with Crippen molar-refractivity contribution in [2.45, 2.75) is 19.8 Å². The zero-order valence-electron chi connectivity index (χ0n) is 10.5. The van der Waals surface area contributed by atoms with Crippen molar-refractivity contribution >= 4 is 11.7 Å². The van der Waals surface area contributed by atoms with Crippen LogP contribution in [0.2, 0.25) is 0 Å². The molecule has 18 heavy (non-hydrogen) atoms. The van der Waals surface area contributed by atoms with Gasteiger partial charge in [-0.05, 0) is 37.0 Å². The molecule has 0 atom stereocenters. The minimum absolute atomic E-state index is 0.0722. The number of hydrogen-bond acceptors (Lipinski definition) is 2. The van der Waals surface area contributed by atoms with E-state index in [0.29, 0.717) is 17.2 Å². The minimum atomic E-state index is -0.0722. The summed E-state index contributed by atoms with van der Waals surface area (Å²) in [6.07, 6.45) is 2.12. The Hall–Kier alpha value is -2.02. The number of benzene rings is 1. The lowest BCUT2D eigenvalue weighted by molar-refractivity contribution is 0.186. The Balaban J connectivity index is 1.96. The van der Waals surface area contributed by atoms with Crippen molar-refractivity contribution in [1.29, 1.82) is 5.26 Å². The maximum atomic E-state index is 12.0. The molecule has 0 unspecified atom stereocenters. The molecule has 2 amide bonds. The second-order valence-corrected chi connectivity index (χ2v) is 4.79. The first-order valence-corrected chi connectivity index (χ1v) is 6.25. The molecule has 1 aliphatic heterocycles. The molecule has 1 aromatic rings. The lowest BCUT2D eigenvalue weighted by Gasteiger charge is -2.30. The Morgan fingerprint density at radius 1 is 1.44 bits per heavy atom. The summed E-state index contributed by atoms with van der Waals surface area (Å²) in [6, 6.07) is 8.96. The van der Waals surface area contributed by atoms with Crippen molar-refractivity contribution in [1.82, 2.24) is 4.90 Å². The van der Waals surface area contributed by atoms with Gasteiger partial charge in [-0.1, -0.05) is 13.0 Å². The van der Waals surface area contributed by atoms with Crippen LogP contribution in [0.25, 0.3) is 0 Å². The van der Waals surface area contributed by atoms with Crippen molar-refractivity contribution in [2.24, 2.45) is 5.92 Å². The van der Waals surface area contributed by atoms with Crippen LogP contribution in [-0.2, 0) is 0 Å². The standard InChI is InChI=1S/C14H17N3O/c1-11-5-7-17(8-6-11)14(18)16-13-4-2-3-12(9-13)10-15/h2-4,9,11H,5-8H2,1H3,(H,16,18). The molecule has 0 radical (unpaired) electrons. The van der Waals surface area contributed by atoms with Crippen molar-refractivity contribution in [2.75, 3.05) is 18.4 Å². The van der Waals surface area contributed by atoms with E-state index < -0.39 is 0 Å². The van der Waals surface area contributed by atoms with Crippen LogP contribution >= 0.6 is 0 Å². The van der Waals surface area contributed by atoms with E-state index in [1.165, 1.54) is 0 Å². The van der Waals surface area contributed by atoms with Crippen molar-refractivity contribution in [3.05, 3.63) is 29.8 Å². The molecular formula is C14H17N3O. The number of carbonyl (C=O) groups is 1. The number of rotatable bonds is 1. The third-order valence-corrected chi connectivity index (χ3v) is 3.31. The number of likely N-dealkylation sites (tertiary alicyclic amines) is 1. The third-order valence-electron chi connectivity index (χ3n) is 3.31. The average Bonchev–Trinajstić information content (AvgIpc) is 2.39. The molecular weight excluding hydrogens is 226 g/mol. The molecule has 0 bridgehead atoms. The molecule has 0 saturated carbocycles. The first-order chi connectivity index (χ1) is 8.69. The van der Waals surface area contributed by atoms with Gasteiger partial charge in [0.1, 0.15) is 0 Å². The summed E-state index contributed by atoms with van der Waals surface area (Å²) in [4.78, 5) is 13.8. The van der Waals surface area contributed by atoms with E-state index in [9.17, 15) is 4.79 Å². The summed E-state index contributed by atoms with van der Waals surface area (Å²) in [5.41, 5.74) is 1.23. The summed E-state index contributed by atoms with van der Waals surface area (Å²) in [5, 5.41) is 11.6. The Morgan fingerprint density at radius 2 is 2.17 bits per heavy atom. The number of nitrogens with zero attached hydrogens (tertiary/aromatic N) is 2. The predicted octanol–water partition coefficient (Wildman–Crippen LogP) is 2.82. The molecule has 0 aromatic heterocycles. The normalized spacial score (nSPS) is 16.1. The Kier molecular flexibility index (Phi) is 3.83. The number of nitrogens with one attached hydrogen (secondary N) is 1. The van der Waals surface area contributed by atoms with Crippen LogP contribution < -0.4 is 5.32 Å². The van der Waals surface area contributed by atoms with Crippen LogP contribution in [0.5, 0.6) is 0 Å². The van der Waals surface area contributed by atoms with E-state index in [4.69, 9.17) is 5.26 Å². The van der Waals surface area contributed by atoms with Crippen LogP contribution in [0.4, 0.5) is 10.5 Å². The maximum Gasteiger partial charge on any atom is 0.321 e. The highest BCUT2D eigenvalue weighted by Crippen LogP contribution is 2.17. The van der Waals surface area contributed by atoms with E-state index in [1.54, 1.807) is 24.3 Å². The number of urea groups is 1. The predicted molar refractivity (Wildman–Crippen MR) is 70.1 cm³/mol. The van der Waals surface area contributed by atoms with E-state index in [2.05, 4.69) is 18.3 Å². The molecule has 1 aliphatic rings. The molecule has 1 saturated heterocycles. The van der Waals surface area contributed by atoms with Gasteiger partial charge in [-0.3, -0.25) is 0 Å². The summed E-state index contributed by atoms with van der Waals surface area (Å²) in [6.45, 7) is 3.83. The molecule has 94 valence electrons. The van der Waals surface area contributed by atoms with Crippen LogP contribution in [0.3, 0.4) is 0 Å². The van der Waals surface area contributed by atoms with E-state index in [-0.39, 0.29) is 6.03 Å². The molecule has 4 heteroatoms. The quantitative estimate of drug-likeness (QED) is 0.824. The molecule has 1 N–H and O–H groups in total. The number of nitriles is 1. The van der Waals surface area contributed by atoms with Crippen molar-refractivity contribution < 1.29 is 4.79 Å². The van der Waals surface area contributed by atoms with Gasteiger partial charge in [0.2, 0.25) is 0 Å².